The van der Waals surface area contributed by atoms with Crippen LogP contribution in [-0.4, -0.2) is 61.7 Å². The number of para-hydroxylation sites is 1. The second-order valence-electron chi connectivity index (χ2n) is 7.07. The minimum absolute atomic E-state index is 0.123. The Hall–Kier alpha value is -1.59. The number of anilines is 1. The number of thiophene rings is 1. The molecule has 0 bridgehead atoms. The summed E-state index contributed by atoms with van der Waals surface area (Å²) in [5, 5.41) is 0. The van der Waals surface area contributed by atoms with Gasteiger partial charge in [-0.25, -0.2) is 13.3 Å². The third-order valence-corrected chi connectivity index (χ3v) is 9.33. The molecule has 154 valence electrons. The lowest BCUT2D eigenvalue weighted by molar-refractivity contribution is -0.123. The van der Waals surface area contributed by atoms with Crippen molar-refractivity contribution in [1.82, 2.24) is 9.21 Å². The normalized spacial score (nSPS) is 21.9. The zero-order valence-electron chi connectivity index (χ0n) is 15.7. The molecule has 1 unspecified atom stereocenters. The number of carbonyl (C=O) groups excluding carboxylic acids is 2. The van der Waals surface area contributed by atoms with Crippen LogP contribution in [0.2, 0.25) is 0 Å². The molecule has 1 atom stereocenters. The van der Waals surface area contributed by atoms with E-state index in [4.69, 9.17) is 0 Å². The number of hydrogen-bond acceptors (Lipinski definition) is 6. The average molecular weight is 498 g/mol. The van der Waals surface area contributed by atoms with E-state index in [9.17, 15) is 18.0 Å². The van der Waals surface area contributed by atoms with Crippen LogP contribution in [0.25, 0.3) is 0 Å². The summed E-state index contributed by atoms with van der Waals surface area (Å²) in [6.45, 7) is 3.28. The summed E-state index contributed by atoms with van der Waals surface area (Å²) in [7, 11) is -3.54. The number of carbonyl (C=O) groups is 2. The van der Waals surface area contributed by atoms with Crippen LogP contribution in [-0.2, 0) is 19.6 Å². The molecular formula is C19H20BrN3O4S2. The fourth-order valence-electron chi connectivity index (χ4n) is 3.79. The Kier molecular flexibility index (Phi) is 5.64. The van der Waals surface area contributed by atoms with Gasteiger partial charge in [-0.05, 0) is 46.6 Å². The predicted octanol–water partition coefficient (Wildman–Crippen LogP) is 2.46. The molecule has 2 saturated heterocycles. The van der Waals surface area contributed by atoms with E-state index in [2.05, 4.69) is 15.9 Å². The molecule has 4 rings (SSSR count). The van der Waals surface area contributed by atoms with Crippen molar-refractivity contribution in [3.05, 3.63) is 45.7 Å². The number of benzene rings is 1. The summed E-state index contributed by atoms with van der Waals surface area (Å²) >= 11 is 4.48. The van der Waals surface area contributed by atoms with Crippen molar-refractivity contribution in [2.45, 2.75) is 23.6 Å². The lowest BCUT2D eigenvalue weighted by Gasteiger charge is -2.36. The van der Waals surface area contributed by atoms with Crippen LogP contribution < -0.4 is 4.90 Å². The Morgan fingerprint density at radius 1 is 1.03 bits per heavy atom. The molecule has 0 N–H and O–H groups in total. The largest absolute Gasteiger partial charge is 0.289 e. The molecule has 0 aliphatic carbocycles. The van der Waals surface area contributed by atoms with Gasteiger partial charge in [0.05, 0.1) is 21.9 Å². The molecular weight excluding hydrogens is 478 g/mol. The van der Waals surface area contributed by atoms with Crippen molar-refractivity contribution in [3.8, 4) is 0 Å². The molecule has 2 aromatic rings. The summed E-state index contributed by atoms with van der Waals surface area (Å²) < 4.78 is 28.1. The number of imide groups is 1. The fourth-order valence-corrected chi connectivity index (χ4v) is 7.37. The van der Waals surface area contributed by atoms with Gasteiger partial charge in [0.1, 0.15) is 4.21 Å². The average Bonchev–Trinajstić information content (AvgIpc) is 3.26. The minimum Gasteiger partial charge on any atom is -0.289 e. The van der Waals surface area contributed by atoms with E-state index in [0.717, 1.165) is 9.35 Å². The van der Waals surface area contributed by atoms with Crippen molar-refractivity contribution in [3.63, 3.8) is 0 Å². The van der Waals surface area contributed by atoms with Crippen LogP contribution in [0.15, 0.2) is 44.4 Å². The van der Waals surface area contributed by atoms with E-state index in [1.807, 2.05) is 30.0 Å². The third-order valence-electron chi connectivity index (χ3n) is 5.34. The zero-order valence-corrected chi connectivity index (χ0v) is 19.0. The van der Waals surface area contributed by atoms with Crippen molar-refractivity contribution in [2.24, 2.45) is 0 Å². The van der Waals surface area contributed by atoms with Gasteiger partial charge in [0.2, 0.25) is 5.91 Å². The van der Waals surface area contributed by atoms with Gasteiger partial charge >= 0.3 is 0 Å². The first-order valence-electron chi connectivity index (χ1n) is 9.21. The third kappa shape index (κ3) is 3.79. The molecule has 0 spiro atoms. The predicted molar refractivity (Wildman–Crippen MR) is 114 cm³/mol. The van der Waals surface area contributed by atoms with Crippen LogP contribution in [0.3, 0.4) is 0 Å². The molecule has 7 nitrogen and oxygen atoms in total. The summed E-state index contributed by atoms with van der Waals surface area (Å²) in [6, 6.07) is 10.1. The molecule has 1 aromatic carbocycles. The molecule has 10 heteroatoms. The Balaban J connectivity index is 1.46. The smallest absolute Gasteiger partial charge is 0.252 e. The van der Waals surface area contributed by atoms with E-state index < -0.39 is 16.1 Å². The van der Waals surface area contributed by atoms with Gasteiger partial charge in [-0.1, -0.05) is 18.2 Å². The maximum absolute atomic E-state index is 13.0. The number of amides is 2. The Labute approximate surface area is 182 Å². The maximum Gasteiger partial charge on any atom is 0.252 e. The number of rotatable bonds is 4. The van der Waals surface area contributed by atoms with Gasteiger partial charge in [-0.3, -0.25) is 14.5 Å². The van der Waals surface area contributed by atoms with Crippen LogP contribution >= 0.6 is 27.3 Å². The van der Waals surface area contributed by atoms with Crippen molar-refractivity contribution < 1.29 is 18.0 Å². The number of nitrogens with zero attached hydrogens (tertiary/aromatic N) is 3. The summed E-state index contributed by atoms with van der Waals surface area (Å²) in [5.74, 6) is -0.449. The van der Waals surface area contributed by atoms with Gasteiger partial charge in [-0.2, -0.15) is 4.31 Å². The monoisotopic (exact) mass is 497 g/mol. The quantitative estimate of drug-likeness (QED) is 0.606. The van der Waals surface area contributed by atoms with Crippen molar-refractivity contribution in [2.75, 3.05) is 31.1 Å². The highest BCUT2D eigenvalue weighted by Gasteiger charge is 2.44. The van der Waals surface area contributed by atoms with Gasteiger partial charge < -0.3 is 0 Å². The molecule has 2 aliphatic rings. The SMILES string of the molecule is Cc1ccccc1N1C(=O)CC(N2CCN(S(=O)(=O)c3ccc(Br)s3)CC2)C1=O. The number of aryl methyl sites for hydroxylation is 1. The molecule has 2 aliphatic heterocycles. The maximum atomic E-state index is 13.0. The molecule has 2 fully saturated rings. The minimum atomic E-state index is -3.54. The standard InChI is InChI=1S/C19H20BrN3O4S2/c1-13-4-2-3-5-14(13)23-17(24)12-15(19(23)25)21-8-10-22(11-9-21)29(26,27)18-7-6-16(20)28-18/h2-7,15H,8-12H2,1H3. The van der Waals surface area contributed by atoms with Crippen LogP contribution in [0.5, 0.6) is 0 Å². The number of halogens is 1. The van der Waals surface area contributed by atoms with Gasteiger partial charge in [0.15, 0.2) is 0 Å². The van der Waals surface area contributed by atoms with Crippen molar-refractivity contribution >= 4 is 54.8 Å². The molecule has 1 aromatic heterocycles. The van der Waals surface area contributed by atoms with Gasteiger partial charge in [-0.15, -0.1) is 11.3 Å². The second kappa shape index (κ2) is 7.92. The highest BCUT2D eigenvalue weighted by Crippen LogP contribution is 2.31. The Morgan fingerprint density at radius 2 is 1.72 bits per heavy atom. The summed E-state index contributed by atoms with van der Waals surface area (Å²) in [6.07, 6.45) is 0.123. The first-order chi connectivity index (χ1) is 13.8. The van der Waals surface area contributed by atoms with Crippen molar-refractivity contribution in [1.29, 1.82) is 0 Å². The summed E-state index contributed by atoms with van der Waals surface area (Å²) in [4.78, 5) is 28.8. The van der Waals surface area contributed by atoms with Gasteiger partial charge in [0, 0.05) is 26.2 Å². The van der Waals surface area contributed by atoms with Crippen LogP contribution in [0.4, 0.5) is 5.69 Å². The molecule has 0 saturated carbocycles. The summed E-state index contributed by atoms with van der Waals surface area (Å²) in [5.41, 5.74) is 1.49. The number of hydrogen-bond donors (Lipinski definition) is 0. The fraction of sp³-hybridized carbons (Fsp3) is 0.368. The molecule has 0 radical (unpaired) electrons. The molecule has 3 heterocycles. The van der Waals surface area contributed by atoms with Crippen LogP contribution in [0.1, 0.15) is 12.0 Å². The lowest BCUT2D eigenvalue weighted by atomic mass is 10.1. The van der Waals surface area contributed by atoms with E-state index in [-0.39, 0.29) is 18.2 Å². The number of piperazine rings is 1. The first kappa shape index (κ1) is 20.7. The van der Waals surface area contributed by atoms with Crippen LogP contribution in [0, 0.1) is 6.92 Å². The van der Waals surface area contributed by atoms with Gasteiger partial charge in [0.25, 0.3) is 15.9 Å². The van der Waals surface area contributed by atoms with E-state index in [1.165, 1.54) is 20.5 Å². The van der Waals surface area contributed by atoms with E-state index in [1.54, 1.807) is 18.2 Å². The zero-order chi connectivity index (χ0) is 20.8. The second-order valence-corrected chi connectivity index (χ2v) is 11.7. The highest BCUT2D eigenvalue weighted by atomic mass is 79.9. The lowest BCUT2D eigenvalue weighted by Crippen LogP contribution is -2.53. The molecule has 29 heavy (non-hydrogen) atoms. The first-order valence-corrected chi connectivity index (χ1v) is 12.3. The topological polar surface area (TPSA) is 78.0 Å². The molecule has 2 amide bonds. The van der Waals surface area contributed by atoms with E-state index >= 15 is 0 Å². The van der Waals surface area contributed by atoms with E-state index in [0.29, 0.717) is 36.1 Å². The number of sulfonamides is 1. The Bertz CT molecular complexity index is 1060. The highest BCUT2D eigenvalue weighted by molar-refractivity contribution is 9.11. The Morgan fingerprint density at radius 3 is 2.34 bits per heavy atom.